The highest BCUT2D eigenvalue weighted by Crippen LogP contribution is 2.44. The first-order chi connectivity index (χ1) is 15.7. The third-order valence-corrected chi connectivity index (χ3v) is 6.90. The Hall–Kier alpha value is -2.59. The Balaban J connectivity index is 1.78. The molecule has 33 heavy (non-hydrogen) atoms. The van der Waals surface area contributed by atoms with E-state index in [1.807, 2.05) is 17.0 Å². The fourth-order valence-electron chi connectivity index (χ4n) is 4.52. The van der Waals surface area contributed by atoms with Crippen LogP contribution >= 0.6 is 11.3 Å². The van der Waals surface area contributed by atoms with Gasteiger partial charge in [-0.3, -0.25) is 0 Å². The molecule has 1 aliphatic rings. The zero-order valence-electron chi connectivity index (χ0n) is 19.2. The molecule has 174 valence electrons. The van der Waals surface area contributed by atoms with Crippen LogP contribution < -0.4 is 4.90 Å². The van der Waals surface area contributed by atoms with E-state index in [2.05, 4.69) is 23.8 Å². The number of anilines is 1. The maximum atomic E-state index is 10.1. The van der Waals surface area contributed by atoms with E-state index in [4.69, 9.17) is 14.1 Å². The topological polar surface area (TPSA) is 105 Å². The summed E-state index contributed by atoms with van der Waals surface area (Å²) in [6.07, 6.45) is 2.79. The molecule has 5 heterocycles. The second-order valence-electron chi connectivity index (χ2n) is 9.38. The molecule has 1 aliphatic heterocycles. The number of thiophene rings is 1. The van der Waals surface area contributed by atoms with Crippen molar-refractivity contribution in [2.45, 2.75) is 58.5 Å². The van der Waals surface area contributed by atoms with Crippen molar-refractivity contribution in [1.82, 2.24) is 15.0 Å². The summed E-state index contributed by atoms with van der Waals surface area (Å²) in [5, 5.41) is 21.2. The monoisotopic (exact) mass is 468 g/mol. The third kappa shape index (κ3) is 4.10. The van der Waals surface area contributed by atoms with Gasteiger partial charge < -0.3 is 24.3 Å². The van der Waals surface area contributed by atoms with E-state index < -0.39 is 12.2 Å². The van der Waals surface area contributed by atoms with E-state index in [1.54, 1.807) is 26.4 Å². The van der Waals surface area contributed by atoms with E-state index in [-0.39, 0.29) is 5.60 Å². The van der Waals surface area contributed by atoms with Crippen molar-refractivity contribution in [2.75, 3.05) is 18.0 Å². The first kappa shape index (κ1) is 22.2. The van der Waals surface area contributed by atoms with Crippen LogP contribution in [0.25, 0.3) is 31.9 Å². The van der Waals surface area contributed by atoms with E-state index in [1.165, 1.54) is 16.9 Å². The maximum absolute atomic E-state index is 10.1. The Kier molecular flexibility index (Phi) is 5.60. The largest absolute Gasteiger partial charge is 0.463 e. The molecule has 4 aromatic heterocycles. The molecule has 9 heteroatoms. The number of pyridine rings is 1. The maximum Gasteiger partial charge on any atom is 0.152 e. The second kappa shape index (κ2) is 8.32. The van der Waals surface area contributed by atoms with Gasteiger partial charge in [0.1, 0.15) is 22.7 Å². The lowest BCUT2D eigenvalue weighted by Crippen LogP contribution is -2.37. The van der Waals surface area contributed by atoms with Crippen LogP contribution in [-0.2, 0) is 17.8 Å². The molecule has 0 fully saturated rings. The first-order valence-corrected chi connectivity index (χ1v) is 11.9. The summed E-state index contributed by atoms with van der Waals surface area (Å²) in [5.41, 5.74) is 3.53. The molecule has 0 radical (unpaired) electrons. The van der Waals surface area contributed by atoms with Crippen LogP contribution in [0.2, 0.25) is 0 Å². The Morgan fingerprint density at radius 1 is 1.15 bits per heavy atom. The molecule has 2 atom stereocenters. The molecular weight excluding hydrogens is 440 g/mol. The van der Waals surface area contributed by atoms with Crippen LogP contribution in [0.3, 0.4) is 0 Å². The van der Waals surface area contributed by atoms with Crippen molar-refractivity contribution < 1.29 is 19.4 Å². The number of ether oxygens (including phenoxy) is 1. The highest BCUT2D eigenvalue weighted by Gasteiger charge is 2.33. The van der Waals surface area contributed by atoms with Crippen LogP contribution in [0.5, 0.6) is 0 Å². The lowest BCUT2D eigenvalue weighted by molar-refractivity contribution is -0.0395. The van der Waals surface area contributed by atoms with Crippen molar-refractivity contribution in [2.24, 2.45) is 0 Å². The number of hydrogen-bond acceptors (Lipinski definition) is 9. The van der Waals surface area contributed by atoms with Crippen LogP contribution in [0.15, 0.2) is 29.1 Å². The third-order valence-electron chi connectivity index (χ3n) is 5.83. The van der Waals surface area contributed by atoms with Crippen molar-refractivity contribution in [1.29, 1.82) is 0 Å². The number of aromatic nitrogens is 3. The molecule has 0 amide bonds. The van der Waals surface area contributed by atoms with Crippen LogP contribution in [0, 0.1) is 0 Å². The number of hydrogen-bond donors (Lipinski definition) is 2. The van der Waals surface area contributed by atoms with E-state index >= 15 is 0 Å². The van der Waals surface area contributed by atoms with Crippen molar-refractivity contribution in [3.63, 3.8) is 0 Å². The summed E-state index contributed by atoms with van der Waals surface area (Å²) in [6.45, 7) is 8.81. The predicted molar refractivity (Wildman–Crippen MR) is 129 cm³/mol. The van der Waals surface area contributed by atoms with Gasteiger partial charge in [0.15, 0.2) is 5.76 Å². The lowest BCUT2D eigenvalue weighted by Gasteiger charge is -2.32. The second-order valence-corrected chi connectivity index (χ2v) is 10.4. The Bertz CT molecular complexity index is 1290. The highest BCUT2D eigenvalue weighted by molar-refractivity contribution is 7.26. The van der Waals surface area contributed by atoms with Gasteiger partial charge in [0, 0.05) is 30.5 Å². The number of aliphatic hydroxyl groups is 2. The molecule has 0 unspecified atom stereocenters. The summed E-state index contributed by atoms with van der Waals surface area (Å²) >= 11 is 1.53. The van der Waals surface area contributed by atoms with Crippen molar-refractivity contribution in [3.8, 4) is 11.5 Å². The molecule has 0 bridgehead atoms. The highest BCUT2D eigenvalue weighted by atomic mass is 32.1. The molecule has 0 aliphatic carbocycles. The fourth-order valence-corrected chi connectivity index (χ4v) is 5.70. The molecule has 0 aromatic carbocycles. The van der Waals surface area contributed by atoms with Crippen molar-refractivity contribution in [3.05, 3.63) is 35.9 Å². The molecule has 0 saturated carbocycles. The van der Waals surface area contributed by atoms with Crippen molar-refractivity contribution >= 4 is 37.6 Å². The average molecular weight is 469 g/mol. The minimum absolute atomic E-state index is 0.309. The summed E-state index contributed by atoms with van der Waals surface area (Å²) < 4.78 is 12.7. The number of fused-ring (bicyclic) bond motifs is 5. The normalized spacial score (nSPS) is 17.3. The zero-order valence-corrected chi connectivity index (χ0v) is 20.0. The van der Waals surface area contributed by atoms with Gasteiger partial charge in [-0.05, 0) is 45.4 Å². The Morgan fingerprint density at radius 3 is 2.58 bits per heavy atom. The van der Waals surface area contributed by atoms with Gasteiger partial charge in [-0.2, -0.15) is 0 Å². The summed E-state index contributed by atoms with van der Waals surface area (Å²) in [4.78, 5) is 17.0. The minimum atomic E-state index is -0.572. The van der Waals surface area contributed by atoms with Gasteiger partial charge in [-0.25, -0.2) is 15.0 Å². The molecule has 0 saturated heterocycles. The fraction of sp³-hybridized carbons (Fsp3) is 0.458. The average Bonchev–Trinajstić information content (AvgIpc) is 3.38. The Morgan fingerprint density at radius 2 is 1.91 bits per heavy atom. The SMILES string of the molecule is C[C@H](O)CN(C[C@H](C)O)c1ncnc2c1sc1nc(-c3ccco3)c3c(c12)CC(C)(C)OC3. The van der Waals surface area contributed by atoms with E-state index in [0.29, 0.717) is 31.3 Å². The standard InChI is InChI=1S/C24H28N4O4S/c1-13(29)9-28(10-14(2)30)22-21-20(25-12-26-22)18-15-8-24(3,4)32-11-16(15)19(27-23(18)33-21)17-6-5-7-31-17/h5-7,12-14,29-30H,8-11H2,1-4H3/t13-,14-/m0/s1. The van der Waals surface area contributed by atoms with Crippen LogP contribution in [0.1, 0.15) is 38.8 Å². The van der Waals surface area contributed by atoms with Gasteiger partial charge in [-0.1, -0.05) is 0 Å². The summed E-state index contributed by atoms with van der Waals surface area (Å²) in [5.74, 6) is 1.41. The van der Waals surface area contributed by atoms with Gasteiger partial charge in [0.05, 0.1) is 40.9 Å². The number of aliphatic hydroxyl groups excluding tert-OH is 2. The molecule has 0 spiro atoms. The van der Waals surface area contributed by atoms with Crippen LogP contribution in [-0.4, -0.2) is 56.1 Å². The first-order valence-electron chi connectivity index (χ1n) is 11.1. The van der Waals surface area contributed by atoms with Crippen LogP contribution in [0.4, 0.5) is 5.82 Å². The molecular formula is C24H28N4O4S. The van der Waals surface area contributed by atoms with Gasteiger partial charge >= 0.3 is 0 Å². The molecule has 8 nitrogen and oxygen atoms in total. The molecule has 5 rings (SSSR count). The predicted octanol–water partition coefficient (Wildman–Crippen LogP) is 3.92. The summed E-state index contributed by atoms with van der Waals surface area (Å²) in [7, 11) is 0. The quantitative estimate of drug-likeness (QED) is 0.439. The van der Waals surface area contributed by atoms with Gasteiger partial charge in [0.2, 0.25) is 0 Å². The van der Waals surface area contributed by atoms with Gasteiger partial charge in [0.25, 0.3) is 0 Å². The lowest BCUT2D eigenvalue weighted by atomic mass is 9.89. The minimum Gasteiger partial charge on any atom is -0.463 e. The number of nitrogens with zero attached hydrogens (tertiary/aromatic N) is 4. The molecule has 2 N–H and O–H groups in total. The van der Waals surface area contributed by atoms with E-state index in [9.17, 15) is 10.2 Å². The summed E-state index contributed by atoms with van der Waals surface area (Å²) in [6, 6.07) is 3.78. The Labute approximate surface area is 195 Å². The molecule has 4 aromatic rings. The zero-order chi connectivity index (χ0) is 23.3. The van der Waals surface area contributed by atoms with Gasteiger partial charge in [-0.15, -0.1) is 11.3 Å². The number of furan rings is 1. The number of rotatable bonds is 6. The van der Waals surface area contributed by atoms with E-state index in [0.717, 1.165) is 38.1 Å². The smallest absolute Gasteiger partial charge is 0.152 e.